The van der Waals surface area contributed by atoms with E-state index in [0.717, 1.165) is 44.0 Å². The SMILES string of the molecule is CCN(C)SNc1cc(Cl)cc(-c2cn(-c3ccc(N4CCNCC4)cn3)nc2-c2ccncc2)c1F. The van der Waals surface area contributed by atoms with Crippen molar-refractivity contribution in [3.05, 3.63) is 72.0 Å². The maximum Gasteiger partial charge on any atom is 0.155 e. The molecule has 11 heteroatoms. The van der Waals surface area contributed by atoms with Crippen molar-refractivity contribution in [3.63, 3.8) is 0 Å². The normalized spacial score (nSPS) is 13.8. The van der Waals surface area contributed by atoms with Gasteiger partial charge in [0, 0.05) is 85.2 Å². The molecule has 0 radical (unpaired) electrons. The van der Waals surface area contributed by atoms with Crippen molar-refractivity contribution in [1.82, 2.24) is 29.4 Å². The molecule has 0 aliphatic carbocycles. The van der Waals surface area contributed by atoms with Crippen LogP contribution in [0.2, 0.25) is 5.02 Å². The first-order valence-corrected chi connectivity index (χ1v) is 13.2. The van der Waals surface area contributed by atoms with E-state index in [9.17, 15) is 0 Å². The van der Waals surface area contributed by atoms with Crippen LogP contribution in [0.4, 0.5) is 15.8 Å². The maximum atomic E-state index is 15.8. The van der Waals surface area contributed by atoms with Crippen LogP contribution in [0.15, 0.2) is 61.2 Å². The number of nitrogens with one attached hydrogen (secondary N) is 2. The molecular formula is C26H28ClFN8S. The quantitative estimate of drug-likeness (QED) is 0.299. The summed E-state index contributed by atoms with van der Waals surface area (Å²) in [6, 6.07) is 10.9. The van der Waals surface area contributed by atoms with Gasteiger partial charge in [0.2, 0.25) is 0 Å². The molecule has 1 aromatic carbocycles. The summed E-state index contributed by atoms with van der Waals surface area (Å²) in [6.45, 7) is 6.61. The summed E-state index contributed by atoms with van der Waals surface area (Å²) < 4.78 is 22.5. The van der Waals surface area contributed by atoms with Gasteiger partial charge >= 0.3 is 0 Å². The van der Waals surface area contributed by atoms with Crippen LogP contribution in [0.5, 0.6) is 0 Å². The summed E-state index contributed by atoms with van der Waals surface area (Å²) in [5.74, 6) is 0.236. The number of pyridine rings is 2. The molecular weight excluding hydrogens is 511 g/mol. The monoisotopic (exact) mass is 538 g/mol. The maximum absolute atomic E-state index is 15.8. The first-order chi connectivity index (χ1) is 18.0. The first-order valence-electron chi connectivity index (χ1n) is 12.1. The van der Waals surface area contributed by atoms with Gasteiger partial charge in [-0.3, -0.25) is 4.98 Å². The van der Waals surface area contributed by atoms with Gasteiger partial charge in [0.05, 0.1) is 17.6 Å². The van der Waals surface area contributed by atoms with Gasteiger partial charge in [-0.2, -0.15) is 5.10 Å². The second kappa shape index (κ2) is 11.5. The standard InChI is InChI=1S/C26H28ClFN8S/c1-3-34(2)37-33-23-15-19(27)14-21(25(23)28)22-17-36(32-26(22)18-6-8-29-9-7-18)24-5-4-20(16-31-24)35-12-10-30-11-13-35/h4-9,14-17,30,33H,3,10-13H2,1-2H3. The number of piperazine rings is 1. The molecule has 0 bridgehead atoms. The number of anilines is 2. The van der Waals surface area contributed by atoms with E-state index < -0.39 is 5.82 Å². The Kier molecular flexibility index (Phi) is 7.90. The van der Waals surface area contributed by atoms with Crippen molar-refractivity contribution < 1.29 is 4.39 Å². The lowest BCUT2D eigenvalue weighted by Gasteiger charge is -2.29. The van der Waals surface area contributed by atoms with Crippen molar-refractivity contribution in [2.45, 2.75) is 6.92 Å². The fourth-order valence-electron chi connectivity index (χ4n) is 4.09. The van der Waals surface area contributed by atoms with E-state index in [1.807, 2.05) is 48.7 Å². The number of hydrogen-bond donors (Lipinski definition) is 2. The van der Waals surface area contributed by atoms with E-state index in [1.165, 1.54) is 12.1 Å². The Labute approximate surface area is 225 Å². The Balaban J connectivity index is 1.55. The Hall–Kier alpha value is -3.18. The third-order valence-corrected chi connectivity index (χ3v) is 7.30. The van der Waals surface area contributed by atoms with Crippen LogP contribution < -0.4 is 14.9 Å². The molecule has 5 rings (SSSR count). The zero-order valence-electron chi connectivity index (χ0n) is 20.7. The average molecular weight is 539 g/mol. The Morgan fingerprint density at radius 3 is 2.62 bits per heavy atom. The number of halogens is 2. The molecule has 0 spiro atoms. The zero-order valence-corrected chi connectivity index (χ0v) is 22.2. The van der Waals surface area contributed by atoms with Crippen molar-refractivity contribution in [3.8, 4) is 28.2 Å². The first kappa shape index (κ1) is 25.5. The topological polar surface area (TPSA) is 74.1 Å². The third kappa shape index (κ3) is 5.72. The van der Waals surface area contributed by atoms with Crippen molar-refractivity contribution >= 4 is 35.1 Å². The van der Waals surface area contributed by atoms with E-state index >= 15 is 4.39 Å². The minimum Gasteiger partial charge on any atom is -0.368 e. The predicted molar refractivity (Wildman–Crippen MR) is 150 cm³/mol. The average Bonchev–Trinajstić information content (AvgIpc) is 3.39. The summed E-state index contributed by atoms with van der Waals surface area (Å²) in [5.41, 5.74) is 3.76. The van der Waals surface area contributed by atoms with E-state index in [1.54, 1.807) is 35.4 Å². The van der Waals surface area contributed by atoms with Gasteiger partial charge in [0.1, 0.15) is 5.69 Å². The summed E-state index contributed by atoms with van der Waals surface area (Å²) in [7, 11) is 1.92. The number of hydrogen-bond acceptors (Lipinski definition) is 8. The van der Waals surface area contributed by atoms with Gasteiger partial charge in [0.15, 0.2) is 11.6 Å². The van der Waals surface area contributed by atoms with Crippen LogP contribution in [0.25, 0.3) is 28.2 Å². The summed E-state index contributed by atoms with van der Waals surface area (Å²) in [6.07, 6.45) is 7.04. The molecule has 0 saturated carbocycles. The molecule has 192 valence electrons. The molecule has 4 aromatic rings. The molecule has 0 amide bonds. The highest BCUT2D eigenvalue weighted by Crippen LogP contribution is 2.38. The van der Waals surface area contributed by atoms with Crippen LogP contribution in [0.1, 0.15) is 6.92 Å². The van der Waals surface area contributed by atoms with Gasteiger partial charge in [-0.15, -0.1) is 0 Å². The van der Waals surface area contributed by atoms with Gasteiger partial charge < -0.3 is 14.9 Å². The molecule has 3 aromatic heterocycles. The highest BCUT2D eigenvalue weighted by atomic mass is 35.5. The number of rotatable bonds is 8. The smallest absolute Gasteiger partial charge is 0.155 e. The van der Waals surface area contributed by atoms with E-state index in [2.05, 4.69) is 24.9 Å². The Bertz CT molecular complexity index is 1340. The second-order valence-electron chi connectivity index (χ2n) is 8.64. The fraction of sp³-hybridized carbons (Fsp3) is 0.269. The van der Waals surface area contributed by atoms with Crippen LogP contribution in [0, 0.1) is 5.82 Å². The molecule has 1 aliphatic rings. The number of nitrogens with zero attached hydrogens (tertiary/aromatic N) is 6. The molecule has 1 aliphatic heterocycles. The summed E-state index contributed by atoms with van der Waals surface area (Å²) >= 11 is 7.76. The van der Waals surface area contributed by atoms with Gasteiger partial charge in [-0.25, -0.2) is 18.4 Å². The molecule has 2 N–H and O–H groups in total. The summed E-state index contributed by atoms with van der Waals surface area (Å²) in [4.78, 5) is 11.1. The number of aromatic nitrogens is 4. The van der Waals surface area contributed by atoms with Crippen LogP contribution in [-0.2, 0) is 0 Å². The van der Waals surface area contributed by atoms with Gasteiger partial charge in [-0.1, -0.05) is 18.5 Å². The third-order valence-electron chi connectivity index (χ3n) is 6.20. The van der Waals surface area contributed by atoms with Crippen molar-refractivity contribution in [1.29, 1.82) is 0 Å². The minimum absolute atomic E-state index is 0.305. The lowest BCUT2D eigenvalue weighted by atomic mass is 10.0. The molecule has 37 heavy (non-hydrogen) atoms. The number of benzene rings is 1. The molecule has 0 unspecified atom stereocenters. The molecule has 1 fully saturated rings. The van der Waals surface area contributed by atoms with E-state index in [-0.39, 0.29) is 0 Å². The van der Waals surface area contributed by atoms with Gasteiger partial charge in [0.25, 0.3) is 0 Å². The van der Waals surface area contributed by atoms with Crippen LogP contribution >= 0.6 is 23.7 Å². The largest absolute Gasteiger partial charge is 0.368 e. The van der Waals surface area contributed by atoms with Crippen LogP contribution in [0.3, 0.4) is 0 Å². The molecule has 4 heterocycles. The predicted octanol–water partition coefficient (Wildman–Crippen LogP) is 5.13. The molecule has 1 saturated heterocycles. The highest BCUT2D eigenvalue weighted by Gasteiger charge is 2.21. The summed E-state index contributed by atoms with van der Waals surface area (Å²) in [5, 5.41) is 8.60. The Morgan fingerprint density at radius 2 is 1.92 bits per heavy atom. The lowest BCUT2D eigenvalue weighted by molar-refractivity contribution is 0.588. The Morgan fingerprint density at radius 1 is 1.14 bits per heavy atom. The van der Waals surface area contributed by atoms with Crippen LogP contribution in [-0.4, -0.2) is 63.8 Å². The van der Waals surface area contributed by atoms with E-state index in [0.29, 0.717) is 33.3 Å². The fourth-order valence-corrected chi connectivity index (χ4v) is 4.84. The van der Waals surface area contributed by atoms with Crippen molar-refractivity contribution in [2.24, 2.45) is 0 Å². The van der Waals surface area contributed by atoms with Gasteiger partial charge in [-0.05, 0) is 43.4 Å². The highest BCUT2D eigenvalue weighted by molar-refractivity contribution is 7.98. The molecule has 8 nitrogen and oxygen atoms in total. The van der Waals surface area contributed by atoms with Crippen molar-refractivity contribution in [2.75, 3.05) is 49.4 Å². The lowest BCUT2D eigenvalue weighted by Crippen LogP contribution is -2.43. The minimum atomic E-state index is -0.404. The molecule has 0 atom stereocenters. The van der Waals surface area contributed by atoms with E-state index in [4.69, 9.17) is 16.7 Å². The zero-order chi connectivity index (χ0) is 25.8. The second-order valence-corrected chi connectivity index (χ2v) is 10.1.